The van der Waals surface area contributed by atoms with Gasteiger partial charge in [-0.05, 0) is 47.3 Å². The molecule has 210 valence electrons. The summed E-state index contributed by atoms with van der Waals surface area (Å²) in [5.74, 6) is -0.432. The van der Waals surface area contributed by atoms with Gasteiger partial charge in [-0.25, -0.2) is 0 Å². The Morgan fingerprint density at radius 3 is 1.00 bits per heavy atom. The molecule has 0 fully saturated rings. The van der Waals surface area contributed by atoms with Gasteiger partial charge in [0.05, 0.1) is 0 Å². The highest BCUT2D eigenvalue weighted by Gasteiger charge is 2.36. The Hall–Kier alpha value is -2.12. The highest BCUT2D eigenvalue weighted by Crippen LogP contribution is 2.40. The van der Waals surface area contributed by atoms with Crippen LogP contribution in [0.25, 0.3) is 0 Å². The minimum Gasteiger partial charge on any atom is -0.359 e. The maximum atomic E-state index is 12.8. The lowest BCUT2D eigenvalue weighted by Gasteiger charge is -2.35. The topological polar surface area (TPSA) is 116 Å². The first-order valence-corrected chi connectivity index (χ1v) is 13.3. The molecule has 2 atom stereocenters. The lowest BCUT2D eigenvalue weighted by atomic mass is 9.70. The molecule has 0 aromatic rings. The average molecular weight is 511 g/mol. The second-order valence-electron chi connectivity index (χ2n) is 13.5. The average Bonchev–Trinajstić information content (AvgIpc) is 2.70. The molecule has 0 heterocycles. The Morgan fingerprint density at radius 1 is 0.472 bits per heavy atom. The van der Waals surface area contributed by atoms with E-state index < -0.39 is 10.8 Å². The smallest absolute Gasteiger partial charge is 0.220 e. The van der Waals surface area contributed by atoms with Gasteiger partial charge in [0.1, 0.15) is 0 Å². The normalized spacial score (nSPS) is 15.3. The second-order valence-corrected chi connectivity index (χ2v) is 13.5. The van der Waals surface area contributed by atoms with Gasteiger partial charge < -0.3 is 21.3 Å². The fourth-order valence-electron chi connectivity index (χ4n) is 4.09. The molecule has 0 saturated heterocycles. The first-order chi connectivity index (χ1) is 16.3. The van der Waals surface area contributed by atoms with Crippen molar-refractivity contribution < 1.29 is 19.2 Å². The van der Waals surface area contributed by atoms with Gasteiger partial charge in [0, 0.05) is 52.9 Å². The van der Waals surface area contributed by atoms with Gasteiger partial charge >= 0.3 is 0 Å². The van der Waals surface area contributed by atoms with Gasteiger partial charge in [-0.15, -0.1) is 0 Å². The molecule has 2 unspecified atom stereocenters. The van der Waals surface area contributed by atoms with Gasteiger partial charge in [-0.2, -0.15) is 0 Å². The van der Waals surface area contributed by atoms with E-state index in [4.69, 9.17) is 0 Å². The molecule has 0 rings (SSSR count). The van der Waals surface area contributed by atoms with E-state index in [0.29, 0.717) is 25.9 Å². The van der Waals surface area contributed by atoms with Crippen LogP contribution in [0.4, 0.5) is 0 Å². The number of hydrogen-bond donors (Lipinski definition) is 4. The van der Waals surface area contributed by atoms with E-state index in [-0.39, 0.29) is 60.1 Å². The molecule has 0 aromatic heterocycles. The maximum absolute atomic E-state index is 12.8. The van der Waals surface area contributed by atoms with E-state index in [9.17, 15) is 19.2 Å². The monoisotopic (exact) mass is 510 g/mol. The summed E-state index contributed by atoms with van der Waals surface area (Å²) in [5.41, 5.74) is -0.960. The van der Waals surface area contributed by atoms with E-state index in [0.717, 1.165) is 12.8 Å². The van der Waals surface area contributed by atoms with Gasteiger partial charge in [0.2, 0.25) is 23.6 Å². The molecule has 0 spiro atoms. The van der Waals surface area contributed by atoms with Crippen molar-refractivity contribution in [1.82, 2.24) is 21.3 Å². The fraction of sp³-hybridized carbons (Fsp3) is 0.857. The number of carbonyl (C=O) groups excluding carboxylic acids is 4. The minimum atomic E-state index is -0.599. The lowest BCUT2D eigenvalue weighted by molar-refractivity contribution is -0.129. The zero-order valence-electron chi connectivity index (χ0n) is 24.7. The van der Waals surface area contributed by atoms with Crippen LogP contribution in [0.5, 0.6) is 0 Å². The van der Waals surface area contributed by atoms with E-state index >= 15 is 0 Å². The van der Waals surface area contributed by atoms with Gasteiger partial charge in [0.15, 0.2) is 0 Å². The Kier molecular flexibility index (Phi) is 13.7. The number of rotatable bonds is 15. The molecule has 0 radical (unpaired) electrons. The summed E-state index contributed by atoms with van der Waals surface area (Å²) in [7, 11) is 3.17. The third-order valence-corrected chi connectivity index (χ3v) is 6.63. The quantitative estimate of drug-likeness (QED) is 0.267. The SMILES string of the molecule is CNC(=O)CC(C)(CCC(C)(CC(=O)NC)CC(=O)NCCC(C)(C)C)CC(=O)NCCC(C)(C)C. The summed E-state index contributed by atoms with van der Waals surface area (Å²) in [4.78, 5) is 50.2. The minimum absolute atomic E-state index is 0.0846. The van der Waals surface area contributed by atoms with Crippen molar-refractivity contribution in [2.24, 2.45) is 21.7 Å². The zero-order chi connectivity index (χ0) is 28.2. The van der Waals surface area contributed by atoms with Crippen LogP contribution in [-0.4, -0.2) is 50.8 Å². The van der Waals surface area contributed by atoms with Crippen LogP contribution >= 0.6 is 0 Å². The summed E-state index contributed by atoms with van der Waals surface area (Å²) in [6, 6.07) is 0. The molecule has 0 saturated carbocycles. The maximum Gasteiger partial charge on any atom is 0.220 e. The Morgan fingerprint density at radius 2 is 0.750 bits per heavy atom. The molecule has 8 nitrogen and oxygen atoms in total. The molecule has 4 amide bonds. The summed E-state index contributed by atoms with van der Waals surface area (Å²) < 4.78 is 0. The van der Waals surface area contributed by atoms with E-state index in [1.165, 1.54) is 0 Å². The molecule has 36 heavy (non-hydrogen) atoms. The summed E-state index contributed by atoms with van der Waals surface area (Å²) in [6.45, 7) is 17.8. The Labute approximate surface area is 219 Å². The van der Waals surface area contributed by atoms with Crippen LogP contribution in [0.1, 0.15) is 107 Å². The van der Waals surface area contributed by atoms with E-state index in [2.05, 4.69) is 62.8 Å². The molecule has 8 heteroatoms. The molecule has 0 aliphatic heterocycles. The summed E-state index contributed by atoms with van der Waals surface area (Å²) in [5, 5.41) is 11.3. The third kappa shape index (κ3) is 16.5. The van der Waals surface area contributed by atoms with Crippen molar-refractivity contribution in [2.75, 3.05) is 27.2 Å². The number of carbonyl (C=O) groups is 4. The highest BCUT2D eigenvalue weighted by atomic mass is 16.2. The Balaban J connectivity index is 5.43. The van der Waals surface area contributed by atoms with Gasteiger partial charge in [-0.3, -0.25) is 19.2 Å². The molecule has 4 N–H and O–H groups in total. The molecule has 0 aliphatic carbocycles. The molecule has 0 aliphatic rings. The lowest BCUT2D eigenvalue weighted by Crippen LogP contribution is -2.38. The molecular formula is C28H54N4O4. The van der Waals surface area contributed by atoms with Crippen molar-refractivity contribution in [3.8, 4) is 0 Å². The van der Waals surface area contributed by atoms with Crippen LogP contribution in [0, 0.1) is 21.7 Å². The molecule has 0 aromatic carbocycles. The predicted octanol–water partition coefficient (Wildman–Crippen LogP) is 3.94. The first-order valence-electron chi connectivity index (χ1n) is 13.3. The van der Waals surface area contributed by atoms with Crippen molar-refractivity contribution in [3.05, 3.63) is 0 Å². The van der Waals surface area contributed by atoms with Crippen LogP contribution < -0.4 is 21.3 Å². The van der Waals surface area contributed by atoms with Crippen LogP contribution in [0.2, 0.25) is 0 Å². The van der Waals surface area contributed by atoms with Crippen molar-refractivity contribution in [3.63, 3.8) is 0 Å². The van der Waals surface area contributed by atoms with E-state index in [1.54, 1.807) is 14.1 Å². The highest BCUT2D eigenvalue weighted by molar-refractivity contribution is 5.81. The van der Waals surface area contributed by atoms with Crippen LogP contribution in [0.15, 0.2) is 0 Å². The number of hydrogen-bond acceptors (Lipinski definition) is 4. The van der Waals surface area contributed by atoms with E-state index in [1.807, 2.05) is 13.8 Å². The number of amides is 4. The van der Waals surface area contributed by atoms with Crippen molar-refractivity contribution in [2.45, 2.75) is 107 Å². The fourth-order valence-corrected chi connectivity index (χ4v) is 4.09. The van der Waals surface area contributed by atoms with Crippen LogP contribution in [0.3, 0.4) is 0 Å². The van der Waals surface area contributed by atoms with Gasteiger partial charge in [-0.1, -0.05) is 55.4 Å². The third-order valence-electron chi connectivity index (χ3n) is 6.63. The van der Waals surface area contributed by atoms with Crippen molar-refractivity contribution in [1.29, 1.82) is 0 Å². The van der Waals surface area contributed by atoms with Crippen molar-refractivity contribution >= 4 is 23.6 Å². The number of nitrogens with one attached hydrogen (secondary N) is 4. The molecular weight excluding hydrogens is 456 g/mol. The summed E-state index contributed by atoms with van der Waals surface area (Å²) >= 11 is 0. The van der Waals surface area contributed by atoms with Gasteiger partial charge in [0.25, 0.3) is 0 Å². The second kappa shape index (κ2) is 14.6. The first kappa shape index (κ1) is 33.9. The standard InChI is InChI=1S/C28H54N4O4/c1-25(2,3)13-15-31-23(35)19-27(7,17-21(33)29-9)11-12-28(8,18-22(34)30-10)20-24(36)32-16-14-26(4,5)6/h11-20H2,1-10H3,(H,29,33)(H,30,34)(H,31,35)(H,32,36). The van der Waals surface area contributed by atoms with Crippen LogP contribution in [-0.2, 0) is 19.2 Å². The summed E-state index contributed by atoms with van der Waals surface area (Å²) in [6.07, 6.45) is 3.61. The largest absolute Gasteiger partial charge is 0.359 e. The predicted molar refractivity (Wildman–Crippen MR) is 146 cm³/mol. The molecule has 0 bridgehead atoms. The Bertz CT molecular complexity index is 677. The zero-order valence-corrected chi connectivity index (χ0v) is 24.7.